The number of hydrogen-bond acceptors (Lipinski definition) is 4. The molecule has 0 aliphatic heterocycles. The molecule has 0 spiro atoms. The molecule has 1 amide bonds. The van der Waals surface area contributed by atoms with Crippen LogP contribution in [0.4, 0.5) is 22.0 Å². The molecule has 3 aromatic carbocycles. The predicted octanol–water partition coefficient (Wildman–Crippen LogP) is 7.29. The monoisotopic (exact) mass is 715 g/mol. The van der Waals surface area contributed by atoms with Crippen LogP contribution in [0.25, 0.3) is 0 Å². The predicted molar refractivity (Wildman–Crippen MR) is 169 cm³/mol. The van der Waals surface area contributed by atoms with Gasteiger partial charge in [0, 0.05) is 33.4 Å². The number of ketones is 1. The first kappa shape index (κ1) is 36.6. The quantitative estimate of drug-likeness (QED) is 0.121. The zero-order valence-corrected chi connectivity index (χ0v) is 27.0. The van der Waals surface area contributed by atoms with Crippen LogP contribution in [0.15, 0.2) is 83.3 Å². The van der Waals surface area contributed by atoms with E-state index in [-0.39, 0.29) is 12.3 Å². The van der Waals surface area contributed by atoms with Crippen LogP contribution in [0.5, 0.6) is 0 Å². The fourth-order valence-electron chi connectivity index (χ4n) is 5.56. The molecule has 0 radical (unpaired) electrons. The number of halogens is 7. The van der Waals surface area contributed by atoms with Crippen molar-refractivity contribution in [2.45, 2.75) is 56.8 Å². The molecule has 5 atom stereocenters. The number of carbonyl (C=O) groups excluding carboxylic acids is 2. The van der Waals surface area contributed by atoms with Crippen molar-refractivity contribution in [3.63, 3.8) is 0 Å². The summed E-state index contributed by atoms with van der Waals surface area (Å²) < 4.78 is 69.0. The van der Waals surface area contributed by atoms with E-state index in [2.05, 4.69) is 15.9 Å². The van der Waals surface area contributed by atoms with Gasteiger partial charge in [-0.2, -0.15) is 22.0 Å². The fraction of sp³-hybridized carbons (Fsp3) is 0.394. The normalized spacial score (nSPS) is 15.6. The van der Waals surface area contributed by atoms with Crippen molar-refractivity contribution in [2.24, 2.45) is 29.2 Å². The Morgan fingerprint density at radius 1 is 0.867 bits per heavy atom. The lowest BCUT2D eigenvalue weighted by atomic mass is 9.71. The van der Waals surface area contributed by atoms with Crippen LogP contribution in [0.2, 0.25) is 5.02 Å². The van der Waals surface area contributed by atoms with Gasteiger partial charge in [0.2, 0.25) is 5.78 Å². The van der Waals surface area contributed by atoms with Crippen LogP contribution in [-0.4, -0.2) is 42.4 Å². The number of alkyl halides is 5. The van der Waals surface area contributed by atoms with E-state index in [4.69, 9.17) is 23.1 Å². The topological polar surface area (TPSA) is 98.2 Å². The third-order valence-electron chi connectivity index (χ3n) is 7.89. The Kier molecular flexibility index (Phi) is 12.7. The molecule has 0 fully saturated rings. The second-order valence-corrected chi connectivity index (χ2v) is 12.8. The van der Waals surface area contributed by atoms with Gasteiger partial charge in [-0.15, -0.1) is 0 Å². The zero-order chi connectivity index (χ0) is 33.5. The molecule has 45 heavy (non-hydrogen) atoms. The van der Waals surface area contributed by atoms with Crippen molar-refractivity contribution >= 4 is 39.2 Å². The molecule has 0 heterocycles. The first-order valence-electron chi connectivity index (χ1n) is 14.3. The van der Waals surface area contributed by atoms with Crippen LogP contribution < -0.4 is 16.8 Å². The molecular formula is C33H36BrClF5N3O2. The van der Waals surface area contributed by atoms with Gasteiger partial charge in [-0.1, -0.05) is 96.0 Å². The Hall–Kier alpha value is -2.86. The molecule has 0 aliphatic carbocycles. The average Bonchev–Trinajstić information content (AvgIpc) is 2.98. The van der Waals surface area contributed by atoms with Gasteiger partial charge in [0.25, 0.3) is 5.91 Å². The van der Waals surface area contributed by atoms with E-state index in [1.54, 1.807) is 24.3 Å². The van der Waals surface area contributed by atoms with Gasteiger partial charge in [-0.25, -0.2) is 0 Å². The maximum atomic E-state index is 15.1. The maximum Gasteiger partial charge on any atom is 0.405 e. The lowest BCUT2D eigenvalue weighted by molar-refractivity contribution is -0.167. The zero-order valence-electron chi connectivity index (χ0n) is 24.7. The summed E-state index contributed by atoms with van der Waals surface area (Å²) in [5, 5.41) is 1.60. The summed E-state index contributed by atoms with van der Waals surface area (Å²) in [6.07, 6.45) is -4.44. The number of nitrogens with two attached hydrogens (primary N) is 2. The van der Waals surface area contributed by atoms with Crippen LogP contribution in [-0.2, 0) is 16.0 Å². The molecule has 5 nitrogen and oxygen atoms in total. The highest BCUT2D eigenvalue weighted by Crippen LogP contribution is 2.36. The molecule has 0 saturated carbocycles. The van der Waals surface area contributed by atoms with Crippen molar-refractivity contribution in [1.29, 1.82) is 0 Å². The molecule has 3 unspecified atom stereocenters. The molecule has 0 aliphatic rings. The number of amides is 1. The van der Waals surface area contributed by atoms with E-state index in [1.807, 2.05) is 54.6 Å². The molecular weight excluding hydrogens is 681 g/mol. The Morgan fingerprint density at radius 3 is 1.96 bits per heavy atom. The van der Waals surface area contributed by atoms with Gasteiger partial charge in [-0.3, -0.25) is 9.59 Å². The van der Waals surface area contributed by atoms with E-state index in [0.717, 1.165) is 26.5 Å². The van der Waals surface area contributed by atoms with E-state index in [0.29, 0.717) is 11.4 Å². The minimum Gasteiger partial charge on any atom is -0.341 e. The van der Waals surface area contributed by atoms with E-state index in [1.165, 1.54) is 13.8 Å². The highest BCUT2D eigenvalue weighted by atomic mass is 79.9. The SMILES string of the molecule is CC(C)[C@H](C(=O)C(F)(F)C(=O)NCC(F)(F)F)C(N)[C@@H](Cc1ccc(Cl)cc1)C(N)CC(c1ccccc1)c1ccc(Br)cc1. The largest absolute Gasteiger partial charge is 0.405 e. The van der Waals surface area contributed by atoms with Gasteiger partial charge >= 0.3 is 12.1 Å². The molecule has 3 rings (SSSR count). The summed E-state index contributed by atoms with van der Waals surface area (Å²) >= 11 is 9.51. The second kappa shape index (κ2) is 15.6. The van der Waals surface area contributed by atoms with E-state index in [9.17, 15) is 22.8 Å². The number of nitrogens with one attached hydrogen (secondary N) is 1. The molecule has 5 N–H and O–H groups in total. The molecule has 0 aromatic heterocycles. The van der Waals surface area contributed by atoms with Gasteiger partial charge in [-0.05, 0) is 65.6 Å². The number of rotatable bonds is 14. The summed E-state index contributed by atoms with van der Waals surface area (Å²) in [7, 11) is 0. The van der Waals surface area contributed by atoms with Crippen molar-refractivity contribution in [3.8, 4) is 0 Å². The Bertz CT molecular complexity index is 1410. The van der Waals surface area contributed by atoms with Crippen molar-refractivity contribution in [3.05, 3.63) is 105 Å². The number of carbonyl (C=O) groups is 2. The van der Waals surface area contributed by atoms with Crippen molar-refractivity contribution < 1.29 is 31.5 Å². The Balaban J connectivity index is 2.01. The number of hydrogen-bond donors (Lipinski definition) is 3. The van der Waals surface area contributed by atoms with Gasteiger partial charge < -0.3 is 16.8 Å². The summed E-state index contributed by atoms with van der Waals surface area (Å²) in [4.78, 5) is 25.4. The lowest BCUT2D eigenvalue weighted by Crippen LogP contribution is -2.57. The highest BCUT2D eigenvalue weighted by Gasteiger charge is 2.53. The third-order valence-corrected chi connectivity index (χ3v) is 8.67. The molecule has 0 bridgehead atoms. The van der Waals surface area contributed by atoms with Crippen molar-refractivity contribution in [1.82, 2.24) is 5.32 Å². The second-order valence-electron chi connectivity index (χ2n) is 11.5. The molecule has 0 saturated heterocycles. The van der Waals surface area contributed by atoms with Gasteiger partial charge in [0.1, 0.15) is 6.54 Å². The van der Waals surface area contributed by atoms with Gasteiger partial charge in [0.15, 0.2) is 0 Å². The van der Waals surface area contributed by atoms with Crippen LogP contribution in [0, 0.1) is 17.8 Å². The average molecular weight is 717 g/mol. The minimum absolute atomic E-state index is 0.184. The standard InChI is InChI=1S/C33H36BrClF5N3O2/c1-19(2)28(30(44)33(39,40)31(45)43-18-32(36,37)38)29(42)26(16-20-8-14-24(35)15-9-20)27(41)17-25(21-6-4-3-5-7-21)22-10-12-23(34)13-11-22/h3-15,19,25-29H,16-18,41-42H2,1-2H3,(H,43,45)/t25?,26-,27?,28-,29?/m0/s1. The van der Waals surface area contributed by atoms with Crippen LogP contribution in [0.1, 0.15) is 42.9 Å². The first-order chi connectivity index (χ1) is 21.0. The fourth-order valence-corrected chi connectivity index (χ4v) is 5.95. The summed E-state index contributed by atoms with van der Waals surface area (Å²) in [6.45, 7) is 0.977. The van der Waals surface area contributed by atoms with Crippen molar-refractivity contribution in [2.75, 3.05) is 6.54 Å². The van der Waals surface area contributed by atoms with E-state index >= 15 is 8.78 Å². The smallest absolute Gasteiger partial charge is 0.341 e. The number of benzene rings is 3. The minimum atomic E-state index is -4.94. The maximum absolute atomic E-state index is 15.1. The highest BCUT2D eigenvalue weighted by molar-refractivity contribution is 9.10. The summed E-state index contributed by atoms with van der Waals surface area (Å²) in [6, 6.07) is 22.0. The van der Waals surface area contributed by atoms with Gasteiger partial charge in [0.05, 0.1) is 0 Å². The van der Waals surface area contributed by atoms with Crippen LogP contribution >= 0.6 is 27.5 Å². The molecule has 12 heteroatoms. The van der Waals surface area contributed by atoms with E-state index < -0.39 is 60.2 Å². The number of Topliss-reactive ketones (excluding diaryl/α,β-unsaturated/α-hetero) is 1. The lowest BCUT2D eigenvalue weighted by Gasteiger charge is -2.38. The third kappa shape index (κ3) is 10.1. The van der Waals surface area contributed by atoms with Crippen LogP contribution in [0.3, 0.4) is 0 Å². The Morgan fingerprint density at radius 2 is 1.42 bits per heavy atom. The summed E-state index contributed by atoms with van der Waals surface area (Å²) in [5.41, 5.74) is 16.2. The summed E-state index contributed by atoms with van der Waals surface area (Å²) in [5.74, 6) is -12.3. The molecule has 3 aromatic rings. The Labute approximate surface area is 273 Å². The first-order valence-corrected chi connectivity index (χ1v) is 15.5. The molecule has 244 valence electrons.